The smallest absolute Gasteiger partial charge is 0.223 e. The lowest BCUT2D eigenvalue weighted by Crippen LogP contribution is -2.46. The maximum absolute atomic E-state index is 12.3. The van der Waals surface area contributed by atoms with Crippen molar-refractivity contribution in [2.24, 2.45) is 5.92 Å². The number of aromatic nitrogens is 2. The summed E-state index contributed by atoms with van der Waals surface area (Å²) in [5.74, 6) is 1.24. The lowest BCUT2D eigenvalue weighted by atomic mass is 9.93. The van der Waals surface area contributed by atoms with Gasteiger partial charge in [0.1, 0.15) is 5.01 Å². The Hall–Kier alpha value is -0.700. The summed E-state index contributed by atoms with van der Waals surface area (Å²) in [6.45, 7) is 6.51. The van der Waals surface area contributed by atoms with Crippen molar-refractivity contribution in [2.45, 2.75) is 43.0 Å². The molecule has 0 saturated carbocycles. The van der Waals surface area contributed by atoms with Gasteiger partial charge in [-0.2, -0.15) is 0 Å². The van der Waals surface area contributed by atoms with Gasteiger partial charge in [0, 0.05) is 37.5 Å². The van der Waals surface area contributed by atoms with Crippen LogP contribution >= 0.6 is 23.1 Å². The molecule has 1 aromatic heterocycles. The second kappa shape index (κ2) is 9.12. The minimum Gasteiger partial charge on any atom is -0.381 e. The Morgan fingerprint density at radius 2 is 2.04 bits per heavy atom. The maximum atomic E-state index is 12.3. The third-order valence-electron chi connectivity index (χ3n) is 4.74. The molecule has 134 valence electrons. The molecule has 8 heteroatoms. The molecule has 2 aliphatic heterocycles. The van der Waals surface area contributed by atoms with E-state index in [0.717, 1.165) is 67.1 Å². The van der Waals surface area contributed by atoms with E-state index in [2.05, 4.69) is 20.4 Å². The van der Waals surface area contributed by atoms with Crippen LogP contribution in [0.25, 0.3) is 0 Å². The predicted octanol–water partition coefficient (Wildman–Crippen LogP) is 1.95. The van der Waals surface area contributed by atoms with Gasteiger partial charge >= 0.3 is 0 Å². The lowest BCUT2D eigenvalue weighted by Gasteiger charge is -2.38. The molecule has 0 bridgehead atoms. The summed E-state index contributed by atoms with van der Waals surface area (Å²) in [4.78, 5) is 14.9. The molecule has 0 aliphatic carbocycles. The van der Waals surface area contributed by atoms with Gasteiger partial charge in [0.2, 0.25) is 5.91 Å². The second-order valence-electron chi connectivity index (χ2n) is 6.38. The summed E-state index contributed by atoms with van der Waals surface area (Å²) in [7, 11) is 0. The molecule has 0 atom stereocenters. The molecule has 1 N–H and O–H groups in total. The van der Waals surface area contributed by atoms with Crippen molar-refractivity contribution < 1.29 is 9.53 Å². The topological polar surface area (TPSA) is 67.4 Å². The summed E-state index contributed by atoms with van der Waals surface area (Å²) >= 11 is 3.26. The van der Waals surface area contributed by atoms with E-state index in [1.165, 1.54) is 0 Å². The highest BCUT2D eigenvalue weighted by Crippen LogP contribution is 2.24. The van der Waals surface area contributed by atoms with Crippen LogP contribution in [0.15, 0.2) is 4.34 Å². The van der Waals surface area contributed by atoms with Crippen LogP contribution in [-0.4, -0.2) is 65.6 Å². The van der Waals surface area contributed by atoms with Crippen molar-refractivity contribution in [3.8, 4) is 0 Å². The van der Waals surface area contributed by atoms with E-state index in [0.29, 0.717) is 12.6 Å². The van der Waals surface area contributed by atoms with Crippen LogP contribution in [0.1, 0.15) is 30.7 Å². The van der Waals surface area contributed by atoms with Crippen molar-refractivity contribution >= 4 is 29.0 Å². The minimum atomic E-state index is 0.176. The molecule has 3 heterocycles. The Labute approximate surface area is 151 Å². The van der Waals surface area contributed by atoms with Crippen LogP contribution in [-0.2, 0) is 9.53 Å². The second-order valence-corrected chi connectivity index (χ2v) is 8.90. The highest BCUT2D eigenvalue weighted by Gasteiger charge is 2.29. The van der Waals surface area contributed by atoms with Crippen molar-refractivity contribution in [1.29, 1.82) is 0 Å². The lowest BCUT2D eigenvalue weighted by molar-refractivity contribution is -0.126. The Morgan fingerprint density at radius 1 is 1.29 bits per heavy atom. The molecule has 0 spiro atoms. The highest BCUT2D eigenvalue weighted by atomic mass is 32.2. The fraction of sp³-hybridized carbons (Fsp3) is 0.812. The van der Waals surface area contributed by atoms with E-state index in [1.807, 2.05) is 6.92 Å². The van der Waals surface area contributed by atoms with Gasteiger partial charge in [-0.3, -0.25) is 4.79 Å². The molecule has 1 aromatic rings. The summed E-state index contributed by atoms with van der Waals surface area (Å²) in [5.41, 5.74) is 0. The summed E-state index contributed by atoms with van der Waals surface area (Å²) < 4.78 is 6.42. The number of rotatable bonds is 6. The molecular weight excluding hydrogens is 344 g/mol. The Kier molecular flexibility index (Phi) is 6.88. The zero-order chi connectivity index (χ0) is 16.8. The number of nitrogens with one attached hydrogen (secondary N) is 1. The fourth-order valence-electron chi connectivity index (χ4n) is 3.37. The Morgan fingerprint density at radius 3 is 2.71 bits per heavy atom. The number of carbonyl (C=O) groups excluding carboxylic acids is 1. The van der Waals surface area contributed by atoms with Gasteiger partial charge in [0.25, 0.3) is 0 Å². The molecule has 24 heavy (non-hydrogen) atoms. The number of hydrogen-bond acceptors (Lipinski definition) is 7. The van der Waals surface area contributed by atoms with Crippen molar-refractivity contribution in [1.82, 2.24) is 20.4 Å². The van der Waals surface area contributed by atoms with Crippen LogP contribution < -0.4 is 5.32 Å². The summed E-state index contributed by atoms with van der Waals surface area (Å²) in [6, 6.07) is 0.662. The number of piperidine rings is 1. The van der Waals surface area contributed by atoms with E-state index in [9.17, 15) is 4.79 Å². The van der Waals surface area contributed by atoms with Crippen LogP contribution in [0.4, 0.5) is 0 Å². The van der Waals surface area contributed by atoms with Crippen molar-refractivity contribution in [3.63, 3.8) is 0 Å². The molecular formula is C16H26N4O2S2. The molecule has 0 radical (unpaired) electrons. The zero-order valence-electron chi connectivity index (χ0n) is 14.2. The first-order valence-electron chi connectivity index (χ1n) is 8.75. The molecule has 0 unspecified atom stereocenters. The zero-order valence-corrected chi connectivity index (χ0v) is 15.8. The first-order valence-corrected chi connectivity index (χ1v) is 10.5. The van der Waals surface area contributed by atoms with Crippen molar-refractivity contribution in [2.75, 3.05) is 38.6 Å². The number of ether oxygens (including phenoxy) is 1. The van der Waals surface area contributed by atoms with Crippen molar-refractivity contribution in [3.05, 3.63) is 5.01 Å². The number of amides is 1. The molecule has 2 aliphatic rings. The van der Waals surface area contributed by atoms with Gasteiger partial charge in [-0.15, -0.1) is 10.2 Å². The molecule has 1 amide bonds. The molecule has 2 fully saturated rings. The third kappa shape index (κ3) is 5.15. The number of thioether (sulfide) groups is 1. The number of nitrogens with zero attached hydrogens (tertiary/aromatic N) is 3. The van der Waals surface area contributed by atoms with E-state index in [4.69, 9.17) is 4.74 Å². The van der Waals surface area contributed by atoms with E-state index in [1.54, 1.807) is 23.1 Å². The third-order valence-corrected chi connectivity index (χ3v) is 6.72. The number of likely N-dealkylation sites (tertiary alicyclic amines) is 1. The van der Waals surface area contributed by atoms with Gasteiger partial charge in [0.05, 0.1) is 0 Å². The normalized spacial score (nSPS) is 21.0. The first-order chi connectivity index (χ1) is 11.7. The van der Waals surface area contributed by atoms with Gasteiger partial charge < -0.3 is 15.0 Å². The van der Waals surface area contributed by atoms with Crippen LogP contribution in [0.3, 0.4) is 0 Å². The van der Waals surface area contributed by atoms with Gasteiger partial charge in [-0.1, -0.05) is 23.1 Å². The van der Waals surface area contributed by atoms with Crippen LogP contribution in [0.2, 0.25) is 0 Å². The van der Waals surface area contributed by atoms with Gasteiger partial charge in [-0.05, 0) is 45.7 Å². The average Bonchev–Trinajstić information content (AvgIpc) is 3.05. The molecule has 3 rings (SSSR count). The minimum absolute atomic E-state index is 0.176. The summed E-state index contributed by atoms with van der Waals surface area (Å²) in [6.07, 6.45) is 4.23. The standard InChI is InChI=1S/C16H26N4O2S2/c1-12-18-19-16(24-12)23-11-6-17-15(21)13-2-7-20(8-3-13)14-4-9-22-10-5-14/h13-14H,2-11H2,1H3,(H,17,21). The van der Waals surface area contributed by atoms with Crippen LogP contribution in [0.5, 0.6) is 0 Å². The molecule has 2 saturated heterocycles. The first kappa shape index (κ1) is 18.1. The number of aryl methyl sites for hydroxylation is 1. The van der Waals surface area contributed by atoms with Crippen LogP contribution in [0, 0.1) is 12.8 Å². The largest absolute Gasteiger partial charge is 0.381 e. The molecule has 6 nitrogen and oxygen atoms in total. The Balaban J connectivity index is 1.31. The van der Waals surface area contributed by atoms with E-state index < -0.39 is 0 Å². The number of hydrogen-bond donors (Lipinski definition) is 1. The average molecular weight is 371 g/mol. The van der Waals surface area contributed by atoms with Gasteiger partial charge in [-0.25, -0.2) is 0 Å². The Bertz CT molecular complexity index is 526. The maximum Gasteiger partial charge on any atom is 0.223 e. The monoisotopic (exact) mass is 370 g/mol. The van der Waals surface area contributed by atoms with E-state index >= 15 is 0 Å². The predicted molar refractivity (Wildman–Crippen MR) is 96.5 cm³/mol. The SMILES string of the molecule is Cc1nnc(SCCNC(=O)C2CCN(C3CCOCC3)CC2)s1. The summed E-state index contributed by atoms with van der Waals surface area (Å²) in [5, 5.41) is 12.1. The van der Waals surface area contributed by atoms with Gasteiger partial charge in [0.15, 0.2) is 4.34 Å². The number of carbonyl (C=O) groups is 1. The highest BCUT2D eigenvalue weighted by molar-refractivity contribution is 8.01. The quantitative estimate of drug-likeness (QED) is 0.610. The van der Waals surface area contributed by atoms with E-state index in [-0.39, 0.29) is 11.8 Å². The fourth-order valence-corrected chi connectivity index (χ4v) is 5.11. The molecule has 0 aromatic carbocycles.